The molecule has 0 nitrogen and oxygen atoms in total. The fourth-order valence-electron chi connectivity index (χ4n) is 5.56. The molecule has 7 aromatic carbocycles. The number of hydrogen-bond donors (Lipinski definition) is 0. The van der Waals surface area contributed by atoms with Gasteiger partial charge in [-0.2, -0.15) is 0 Å². The SMILES string of the molecule is C/C(=C\[CH]=[Ru]([Cl])[Cl])c1ccccc1.c1ccc([PH+](c2ccccc2)c2ccccc2)cc1.c1ccc([PH+](c2ccccc2)c2ccccc2)cc1. The molecule has 0 fully saturated rings. The number of benzene rings is 7. The van der Waals surface area contributed by atoms with E-state index in [1.54, 1.807) is 0 Å². The Morgan fingerprint density at radius 3 is 0.804 bits per heavy atom. The predicted molar refractivity (Wildman–Crippen MR) is 231 cm³/mol. The van der Waals surface area contributed by atoms with Gasteiger partial charge in [-0.05, 0) is 72.8 Å². The second-order valence-corrected chi connectivity index (χ2v) is 22.3. The smallest absolute Gasteiger partial charge is 0.0620 e. The van der Waals surface area contributed by atoms with E-state index in [1.807, 2.05) is 28.9 Å². The second kappa shape index (κ2) is 21.5. The largest absolute Gasteiger partial charge is 0.102 e. The van der Waals surface area contributed by atoms with Crippen molar-refractivity contribution in [2.75, 3.05) is 0 Å². The zero-order valence-corrected chi connectivity index (χ0v) is 33.7. The van der Waals surface area contributed by atoms with Crippen LogP contribution in [0.3, 0.4) is 0 Å². The molecule has 0 saturated carbocycles. The minimum atomic E-state index is -1.64. The van der Waals surface area contributed by atoms with E-state index < -0.39 is 29.4 Å². The van der Waals surface area contributed by atoms with Gasteiger partial charge in [-0.15, -0.1) is 0 Å². The molecule has 0 atom stereocenters. The fourth-order valence-corrected chi connectivity index (χ4v) is 11.9. The van der Waals surface area contributed by atoms with Gasteiger partial charge in [-0.3, -0.25) is 0 Å². The molecule has 51 heavy (non-hydrogen) atoms. The molecular formula is C46H42Cl2P2Ru+2. The molecule has 0 unspecified atom stereocenters. The van der Waals surface area contributed by atoms with Crippen molar-refractivity contribution in [1.82, 2.24) is 0 Å². The van der Waals surface area contributed by atoms with E-state index in [4.69, 9.17) is 19.4 Å². The molecule has 0 N–H and O–H groups in total. The van der Waals surface area contributed by atoms with Crippen molar-refractivity contribution >= 4 is 77.2 Å². The molecule has 0 bridgehead atoms. The molecule has 0 aliphatic heterocycles. The van der Waals surface area contributed by atoms with Gasteiger partial charge in [0.2, 0.25) is 0 Å². The van der Waals surface area contributed by atoms with Crippen LogP contribution in [0.5, 0.6) is 0 Å². The van der Waals surface area contributed by atoms with E-state index >= 15 is 0 Å². The normalized spacial score (nSPS) is 11.1. The van der Waals surface area contributed by atoms with Gasteiger partial charge >= 0.3 is 92.0 Å². The van der Waals surface area contributed by atoms with Crippen LogP contribution in [0.1, 0.15) is 12.5 Å². The molecule has 256 valence electrons. The molecule has 0 aliphatic carbocycles. The topological polar surface area (TPSA) is 0 Å². The summed E-state index contributed by atoms with van der Waals surface area (Å²) in [6.07, 6.45) is 1.99. The minimum Gasteiger partial charge on any atom is -0.0620 e. The summed E-state index contributed by atoms with van der Waals surface area (Å²) < 4.78 is 1.90. The molecule has 0 aliphatic rings. The van der Waals surface area contributed by atoms with Gasteiger partial charge in [0.05, 0.1) is 15.8 Å². The third kappa shape index (κ3) is 12.4. The van der Waals surface area contributed by atoms with E-state index in [9.17, 15) is 0 Å². The van der Waals surface area contributed by atoms with Gasteiger partial charge in [-0.25, -0.2) is 0 Å². The van der Waals surface area contributed by atoms with Crippen molar-refractivity contribution in [3.8, 4) is 0 Å². The maximum absolute atomic E-state index is 5.72. The van der Waals surface area contributed by atoms with E-state index in [1.165, 1.54) is 43.0 Å². The van der Waals surface area contributed by atoms with Crippen LogP contribution in [0.4, 0.5) is 0 Å². The zero-order chi connectivity index (χ0) is 35.5. The van der Waals surface area contributed by atoms with Gasteiger partial charge in [0.25, 0.3) is 0 Å². The van der Waals surface area contributed by atoms with Crippen LogP contribution in [0.25, 0.3) is 5.57 Å². The first-order chi connectivity index (χ1) is 25.1. The third-order valence-corrected chi connectivity index (χ3v) is 15.2. The number of allylic oxidation sites excluding steroid dienone is 2. The summed E-state index contributed by atoms with van der Waals surface area (Å²) in [5.41, 5.74) is 2.41. The van der Waals surface area contributed by atoms with Gasteiger partial charge in [-0.1, -0.05) is 109 Å². The molecule has 7 rings (SSSR count). The molecule has 0 saturated heterocycles. The molecule has 7 aromatic rings. The standard InChI is InChI=1S/2C18H15P.C10H10.2ClH.Ru/c2*1-4-10-16(11-5-1)19(17-12-6-2-7-13-17)18-14-8-3-9-15-18;1-3-9(2)10-7-5-4-6-8-10;;;/h2*1-15H;1,3-8H,2H3;2*1H;/q;;;;;+2/b;;9-3+;;;. The van der Waals surface area contributed by atoms with Crippen molar-refractivity contribution < 1.29 is 13.5 Å². The van der Waals surface area contributed by atoms with E-state index in [0.717, 1.165) is 0 Å². The van der Waals surface area contributed by atoms with Crippen LogP contribution in [-0.2, 0) is 13.5 Å². The maximum atomic E-state index is 5.72. The zero-order valence-electron chi connectivity index (χ0n) is 28.5. The summed E-state index contributed by atoms with van der Waals surface area (Å²) in [5, 5.41) is 8.61. The average molecular weight is 829 g/mol. The Bertz CT molecular complexity index is 1730. The molecule has 0 radical (unpaired) electrons. The van der Waals surface area contributed by atoms with Gasteiger partial charge in [0.1, 0.15) is 31.8 Å². The molecule has 0 heterocycles. The summed E-state index contributed by atoms with van der Waals surface area (Å²) >= 11 is -1.64. The van der Waals surface area contributed by atoms with Crippen molar-refractivity contribution in [3.05, 3.63) is 224 Å². The quantitative estimate of drug-likeness (QED) is 0.106. The molecule has 0 amide bonds. The Labute approximate surface area is 319 Å². The summed E-state index contributed by atoms with van der Waals surface area (Å²) in [4.78, 5) is 0. The Morgan fingerprint density at radius 1 is 0.373 bits per heavy atom. The number of hydrogen-bond acceptors (Lipinski definition) is 0. The van der Waals surface area contributed by atoms with Crippen molar-refractivity contribution in [3.63, 3.8) is 0 Å². The summed E-state index contributed by atoms with van der Waals surface area (Å²) in [6, 6.07) is 75.2. The first kappa shape index (κ1) is 38.4. The Morgan fingerprint density at radius 2 is 0.588 bits per heavy atom. The molecule has 0 spiro atoms. The Balaban J connectivity index is 0.000000152. The molecular weight excluding hydrogens is 786 g/mol. The molecule has 0 aromatic heterocycles. The van der Waals surface area contributed by atoms with Crippen LogP contribution in [0, 0.1) is 0 Å². The average Bonchev–Trinajstić information content (AvgIpc) is 3.20. The van der Waals surface area contributed by atoms with Crippen LogP contribution < -0.4 is 31.8 Å². The number of halogens is 2. The Hall–Kier alpha value is -3.79. The minimum absolute atomic E-state index is 0.877. The van der Waals surface area contributed by atoms with Crippen LogP contribution >= 0.6 is 35.2 Å². The van der Waals surface area contributed by atoms with E-state index in [-0.39, 0.29) is 0 Å². The maximum Gasteiger partial charge on any atom is 0.102 e. The van der Waals surface area contributed by atoms with Crippen LogP contribution in [0.15, 0.2) is 218 Å². The first-order valence-corrected chi connectivity index (χ1v) is 25.2. The fraction of sp³-hybridized carbons (Fsp3) is 0.0217. The monoisotopic (exact) mass is 828 g/mol. The van der Waals surface area contributed by atoms with Crippen molar-refractivity contribution in [1.29, 1.82) is 0 Å². The summed E-state index contributed by atoms with van der Waals surface area (Å²) in [5.74, 6) is 0. The van der Waals surface area contributed by atoms with Crippen molar-refractivity contribution in [2.45, 2.75) is 6.92 Å². The van der Waals surface area contributed by atoms with Crippen LogP contribution in [0.2, 0.25) is 0 Å². The summed E-state index contributed by atoms with van der Waals surface area (Å²) in [7, 11) is 9.68. The van der Waals surface area contributed by atoms with E-state index in [2.05, 4.69) is 201 Å². The predicted octanol–water partition coefficient (Wildman–Crippen LogP) is 10.2. The van der Waals surface area contributed by atoms with Gasteiger partial charge in [0.15, 0.2) is 0 Å². The second-order valence-electron chi connectivity index (χ2n) is 11.5. The first-order valence-electron chi connectivity index (χ1n) is 16.7. The third-order valence-electron chi connectivity index (χ3n) is 8.00. The van der Waals surface area contributed by atoms with E-state index in [0.29, 0.717) is 0 Å². The number of rotatable bonds is 8. The van der Waals surface area contributed by atoms with Crippen molar-refractivity contribution in [2.24, 2.45) is 0 Å². The summed E-state index contributed by atoms with van der Waals surface area (Å²) in [6.45, 7) is 2.05. The van der Waals surface area contributed by atoms with Gasteiger partial charge < -0.3 is 0 Å². The molecule has 5 heteroatoms. The Kier molecular flexibility index (Phi) is 16.2. The van der Waals surface area contributed by atoms with Gasteiger partial charge in [0, 0.05) is 0 Å². The van der Waals surface area contributed by atoms with Crippen LogP contribution in [-0.4, -0.2) is 4.61 Å².